The Kier molecular flexibility index (Phi) is 3.95. The third-order valence-corrected chi connectivity index (χ3v) is 2.79. The molecule has 0 aromatic heterocycles. The van der Waals surface area contributed by atoms with Crippen LogP contribution in [0.15, 0.2) is 36.0 Å². The number of ether oxygens (including phenoxy) is 1. The van der Waals surface area contributed by atoms with Crippen LogP contribution in [0.3, 0.4) is 0 Å². The molecule has 0 fully saturated rings. The van der Waals surface area contributed by atoms with E-state index in [9.17, 15) is 14.4 Å². The second-order valence-corrected chi connectivity index (χ2v) is 4.20. The number of benzene rings is 1. The van der Waals surface area contributed by atoms with Gasteiger partial charge < -0.3 is 9.84 Å². The summed E-state index contributed by atoms with van der Waals surface area (Å²) < 4.78 is 4.70. The Labute approximate surface area is 115 Å². The van der Waals surface area contributed by atoms with Crippen LogP contribution in [-0.4, -0.2) is 41.0 Å². The molecule has 1 aromatic carbocycles. The maximum Gasteiger partial charge on any atom is 0.335 e. The summed E-state index contributed by atoms with van der Waals surface area (Å²) in [5.74, 6) is -1.63. The molecule has 104 valence electrons. The fourth-order valence-electron chi connectivity index (χ4n) is 1.82. The van der Waals surface area contributed by atoms with Gasteiger partial charge in [0, 0.05) is 6.20 Å². The van der Waals surface area contributed by atoms with Gasteiger partial charge in [-0.3, -0.25) is 9.59 Å². The number of esters is 1. The summed E-state index contributed by atoms with van der Waals surface area (Å²) in [4.78, 5) is 36.5. The number of imide groups is 1. The van der Waals surface area contributed by atoms with Gasteiger partial charge in [-0.05, 0) is 19.1 Å². The van der Waals surface area contributed by atoms with Crippen LogP contribution in [0.4, 0.5) is 0 Å². The molecule has 0 aliphatic carbocycles. The summed E-state index contributed by atoms with van der Waals surface area (Å²) in [7, 11) is 0. The Morgan fingerprint density at radius 2 is 1.80 bits per heavy atom. The van der Waals surface area contributed by atoms with E-state index in [1.54, 1.807) is 24.3 Å². The predicted octanol–water partition coefficient (Wildman–Crippen LogP) is 0.722. The number of fused-ring (bicyclic) bond motifs is 1. The van der Waals surface area contributed by atoms with Crippen molar-refractivity contribution in [2.45, 2.75) is 6.92 Å². The average molecular weight is 275 g/mol. The lowest BCUT2D eigenvalue weighted by Crippen LogP contribution is -2.25. The normalized spacial score (nSPS) is 14.5. The first kappa shape index (κ1) is 14.0. The zero-order valence-corrected chi connectivity index (χ0v) is 10.8. The van der Waals surface area contributed by atoms with Crippen molar-refractivity contribution in [3.05, 3.63) is 47.2 Å². The maximum absolute atomic E-state index is 12.0. The molecule has 6 heteroatoms. The first-order chi connectivity index (χ1) is 9.56. The second kappa shape index (κ2) is 5.66. The molecule has 1 heterocycles. The number of rotatable bonds is 4. The third-order valence-electron chi connectivity index (χ3n) is 2.79. The van der Waals surface area contributed by atoms with Crippen LogP contribution in [0.5, 0.6) is 0 Å². The molecule has 1 aliphatic rings. The SMILES string of the molecule is C/C(=C\N1C(=O)c2ccccc2C1=O)C(=O)OCCO. The zero-order chi connectivity index (χ0) is 14.7. The van der Waals surface area contributed by atoms with Crippen molar-refractivity contribution in [3.63, 3.8) is 0 Å². The van der Waals surface area contributed by atoms with E-state index in [0.717, 1.165) is 11.1 Å². The largest absolute Gasteiger partial charge is 0.460 e. The van der Waals surface area contributed by atoms with Crippen LogP contribution in [0, 0.1) is 0 Å². The Morgan fingerprint density at radius 3 is 2.30 bits per heavy atom. The molecule has 1 N–H and O–H groups in total. The van der Waals surface area contributed by atoms with Crippen molar-refractivity contribution >= 4 is 17.8 Å². The third kappa shape index (κ3) is 2.46. The van der Waals surface area contributed by atoms with Gasteiger partial charge in [-0.15, -0.1) is 0 Å². The lowest BCUT2D eigenvalue weighted by atomic mass is 10.1. The minimum Gasteiger partial charge on any atom is -0.460 e. The van der Waals surface area contributed by atoms with E-state index < -0.39 is 17.8 Å². The molecule has 1 aromatic rings. The number of carbonyl (C=O) groups is 3. The van der Waals surface area contributed by atoms with Gasteiger partial charge in [0.25, 0.3) is 11.8 Å². The standard InChI is InChI=1S/C14H13NO5/c1-9(14(19)20-7-6-16)8-15-12(17)10-4-2-3-5-11(10)13(15)18/h2-5,8,16H,6-7H2,1H3/b9-8+. The molecule has 0 spiro atoms. The number of aliphatic hydroxyl groups excluding tert-OH is 1. The predicted molar refractivity (Wildman–Crippen MR) is 68.7 cm³/mol. The summed E-state index contributed by atoms with van der Waals surface area (Å²) >= 11 is 0. The van der Waals surface area contributed by atoms with Crippen LogP contribution in [-0.2, 0) is 9.53 Å². The fourth-order valence-corrected chi connectivity index (χ4v) is 1.82. The highest BCUT2D eigenvalue weighted by Gasteiger charge is 2.34. The van der Waals surface area contributed by atoms with E-state index in [2.05, 4.69) is 0 Å². The van der Waals surface area contributed by atoms with Crippen molar-refractivity contribution in [2.75, 3.05) is 13.2 Å². The van der Waals surface area contributed by atoms with E-state index >= 15 is 0 Å². The maximum atomic E-state index is 12.0. The van der Waals surface area contributed by atoms with Crippen LogP contribution < -0.4 is 0 Å². The Hall–Kier alpha value is -2.47. The Morgan fingerprint density at radius 1 is 1.25 bits per heavy atom. The van der Waals surface area contributed by atoms with Gasteiger partial charge in [0.2, 0.25) is 0 Å². The van der Waals surface area contributed by atoms with E-state index in [-0.39, 0.29) is 18.8 Å². The van der Waals surface area contributed by atoms with Crippen molar-refractivity contribution in [1.29, 1.82) is 0 Å². The number of amides is 2. The molecule has 0 bridgehead atoms. The lowest BCUT2D eigenvalue weighted by molar-refractivity contribution is -0.139. The molecule has 2 rings (SSSR count). The van der Waals surface area contributed by atoms with Crippen LogP contribution in [0.25, 0.3) is 0 Å². The van der Waals surface area contributed by atoms with E-state index in [4.69, 9.17) is 9.84 Å². The molecular formula is C14H13NO5. The quantitative estimate of drug-likeness (QED) is 0.497. The molecule has 6 nitrogen and oxygen atoms in total. The van der Waals surface area contributed by atoms with Gasteiger partial charge in [0.15, 0.2) is 0 Å². The van der Waals surface area contributed by atoms with Crippen molar-refractivity contribution in [1.82, 2.24) is 4.90 Å². The molecule has 0 saturated heterocycles. The first-order valence-electron chi connectivity index (χ1n) is 5.99. The summed E-state index contributed by atoms with van der Waals surface area (Å²) in [6, 6.07) is 6.45. The Balaban J connectivity index is 2.22. The van der Waals surface area contributed by atoms with Gasteiger partial charge in [0.05, 0.1) is 23.3 Å². The first-order valence-corrected chi connectivity index (χ1v) is 5.99. The van der Waals surface area contributed by atoms with Gasteiger partial charge in [-0.2, -0.15) is 0 Å². The monoisotopic (exact) mass is 275 g/mol. The zero-order valence-electron chi connectivity index (χ0n) is 10.8. The van der Waals surface area contributed by atoms with Gasteiger partial charge >= 0.3 is 5.97 Å². The summed E-state index contributed by atoms with van der Waals surface area (Å²) in [6.07, 6.45) is 1.16. The van der Waals surface area contributed by atoms with Crippen LogP contribution in [0.2, 0.25) is 0 Å². The van der Waals surface area contributed by atoms with Crippen molar-refractivity contribution < 1.29 is 24.2 Å². The minimum atomic E-state index is -0.685. The van der Waals surface area contributed by atoms with E-state index in [1.807, 2.05) is 0 Å². The molecule has 0 saturated carbocycles. The Bertz CT molecular complexity index is 570. The average Bonchev–Trinajstić information content (AvgIpc) is 2.70. The second-order valence-electron chi connectivity index (χ2n) is 4.20. The molecule has 0 radical (unpaired) electrons. The molecule has 1 aliphatic heterocycles. The van der Waals surface area contributed by atoms with E-state index in [1.165, 1.54) is 6.92 Å². The number of hydrogen-bond donors (Lipinski definition) is 1. The van der Waals surface area contributed by atoms with Crippen molar-refractivity contribution in [3.8, 4) is 0 Å². The number of hydrogen-bond acceptors (Lipinski definition) is 5. The fraction of sp³-hybridized carbons (Fsp3) is 0.214. The molecule has 0 unspecified atom stereocenters. The molecular weight excluding hydrogens is 262 g/mol. The highest BCUT2D eigenvalue weighted by molar-refractivity contribution is 6.22. The smallest absolute Gasteiger partial charge is 0.335 e. The van der Waals surface area contributed by atoms with Crippen LogP contribution >= 0.6 is 0 Å². The van der Waals surface area contributed by atoms with Gasteiger partial charge in [-0.1, -0.05) is 12.1 Å². The lowest BCUT2D eigenvalue weighted by Gasteiger charge is -2.09. The topological polar surface area (TPSA) is 83.9 Å². The molecule has 0 atom stereocenters. The number of aliphatic hydroxyl groups is 1. The summed E-state index contributed by atoms with van der Waals surface area (Å²) in [6.45, 7) is 1.02. The van der Waals surface area contributed by atoms with Gasteiger partial charge in [-0.25, -0.2) is 9.69 Å². The summed E-state index contributed by atoms with van der Waals surface area (Å²) in [5.41, 5.74) is 0.725. The molecule has 2 amide bonds. The highest BCUT2D eigenvalue weighted by atomic mass is 16.5. The molecule has 20 heavy (non-hydrogen) atoms. The van der Waals surface area contributed by atoms with Crippen molar-refractivity contribution in [2.24, 2.45) is 0 Å². The summed E-state index contributed by atoms with van der Waals surface area (Å²) in [5, 5.41) is 8.57. The highest BCUT2D eigenvalue weighted by Crippen LogP contribution is 2.23. The minimum absolute atomic E-state index is 0.105. The number of carbonyl (C=O) groups excluding carboxylic acids is 3. The van der Waals surface area contributed by atoms with E-state index in [0.29, 0.717) is 11.1 Å². The van der Waals surface area contributed by atoms with Gasteiger partial charge in [0.1, 0.15) is 6.61 Å². The number of nitrogens with zero attached hydrogens (tertiary/aromatic N) is 1. The van der Waals surface area contributed by atoms with Crippen LogP contribution in [0.1, 0.15) is 27.6 Å².